The van der Waals surface area contributed by atoms with Crippen LogP contribution in [0.1, 0.15) is 68.1 Å². The summed E-state index contributed by atoms with van der Waals surface area (Å²) in [6, 6.07) is 13.9. The molecule has 2 heterocycles. The van der Waals surface area contributed by atoms with Crippen molar-refractivity contribution in [1.29, 1.82) is 10.5 Å². The summed E-state index contributed by atoms with van der Waals surface area (Å²) in [5, 5.41) is 24.5. The number of carbonyl (C=O) groups is 2. The zero-order valence-corrected chi connectivity index (χ0v) is 26.1. The minimum absolute atomic E-state index is 0.175. The zero-order valence-electron chi connectivity index (χ0n) is 26.1. The molecular formula is C33H37N7O4. The number of benzene rings is 2. The number of nitrogens with zero attached hydrogens (tertiary/aromatic N) is 5. The summed E-state index contributed by atoms with van der Waals surface area (Å²) in [7, 11) is 0. The third-order valence-corrected chi connectivity index (χ3v) is 7.00. The van der Waals surface area contributed by atoms with Crippen molar-refractivity contribution in [3.63, 3.8) is 0 Å². The lowest BCUT2D eigenvalue weighted by Crippen LogP contribution is -2.53. The van der Waals surface area contributed by atoms with Crippen LogP contribution < -0.4 is 15.4 Å². The Hall–Kier alpha value is -5.16. The van der Waals surface area contributed by atoms with Gasteiger partial charge in [-0.25, -0.2) is 9.78 Å². The van der Waals surface area contributed by atoms with E-state index in [9.17, 15) is 14.9 Å². The number of fused-ring (bicyclic) bond motifs is 1. The summed E-state index contributed by atoms with van der Waals surface area (Å²) in [4.78, 5) is 37.5. The van der Waals surface area contributed by atoms with Gasteiger partial charge >= 0.3 is 6.09 Å². The molecule has 11 heteroatoms. The number of hydrogen-bond acceptors (Lipinski definition) is 9. The molecule has 1 aromatic heterocycles. The normalized spacial score (nSPS) is 13.3. The lowest BCUT2D eigenvalue weighted by atomic mass is 10.00. The second-order valence-electron chi connectivity index (χ2n) is 12.1. The zero-order chi connectivity index (χ0) is 32.2. The summed E-state index contributed by atoms with van der Waals surface area (Å²) in [5.41, 5.74) is 3.95. The molecule has 4 rings (SSSR count). The molecule has 2 aromatic carbocycles. The van der Waals surface area contributed by atoms with Gasteiger partial charge in [0.05, 0.1) is 41.1 Å². The van der Waals surface area contributed by atoms with Crippen LogP contribution in [0.15, 0.2) is 36.4 Å². The van der Waals surface area contributed by atoms with E-state index in [1.165, 1.54) is 0 Å². The number of alkyl carbamates (subject to hydrolysis) is 1. The molecule has 0 bridgehead atoms. The standard InChI is InChI=1S/C33H37N7O4/c1-19(2)27(38-32(42)44-33(5,6)7)30(41)40-13-12-26-25(18-40)29(43-28-20(3)14-23(17-35)15-21(28)4)39-31(37-26)36-24-10-8-22(16-34)9-11-24/h8-11,14-15,19,27H,12-13,18H2,1-7H3,(H,38,42)(H,36,37,39)/t27-/m0/s1. The molecule has 11 nitrogen and oxygen atoms in total. The van der Waals surface area contributed by atoms with E-state index in [-0.39, 0.29) is 24.2 Å². The Morgan fingerprint density at radius 2 is 1.64 bits per heavy atom. The number of carbonyl (C=O) groups excluding carboxylic acids is 2. The Balaban J connectivity index is 1.68. The summed E-state index contributed by atoms with van der Waals surface area (Å²) in [5.74, 6) is 0.711. The van der Waals surface area contributed by atoms with Crippen LogP contribution >= 0.6 is 0 Å². The van der Waals surface area contributed by atoms with Gasteiger partial charge in [-0.2, -0.15) is 15.5 Å². The number of aryl methyl sites for hydroxylation is 2. The van der Waals surface area contributed by atoms with Gasteiger partial charge in [-0.3, -0.25) is 4.79 Å². The van der Waals surface area contributed by atoms with Gasteiger partial charge in [0, 0.05) is 18.7 Å². The first-order chi connectivity index (χ1) is 20.8. The molecule has 1 atom stereocenters. The molecule has 0 aliphatic carbocycles. The van der Waals surface area contributed by atoms with Crippen LogP contribution in [0.5, 0.6) is 11.6 Å². The quantitative estimate of drug-likeness (QED) is 0.345. The van der Waals surface area contributed by atoms with Gasteiger partial charge in [0.1, 0.15) is 17.4 Å². The number of hydrogen-bond donors (Lipinski definition) is 2. The van der Waals surface area contributed by atoms with Crippen molar-refractivity contribution in [3.05, 3.63) is 69.9 Å². The van der Waals surface area contributed by atoms with Crippen molar-refractivity contribution in [2.75, 3.05) is 11.9 Å². The molecule has 2 amide bonds. The number of ether oxygens (including phenoxy) is 2. The first kappa shape index (κ1) is 31.8. The fraction of sp³-hybridized carbons (Fsp3) is 0.394. The average Bonchev–Trinajstić information content (AvgIpc) is 2.96. The predicted molar refractivity (Wildman–Crippen MR) is 164 cm³/mol. The van der Waals surface area contributed by atoms with Crippen LogP contribution in [-0.2, 0) is 22.5 Å². The summed E-state index contributed by atoms with van der Waals surface area (Å²) < 4.78 is 11.8. The van der Waals surface area contributed by atoms with Crippen LogP contribution in [0.25, 0.3) is 0 Å². The summed E-state index contributed by atoms with van der Waals surface area (Å²) >= 11 is 0. The molecule has 228 valence electrons. The Morgan fingerprint density at radius 1 is 1.00 bits per heavy atom. The van der Waals surface area contributed by atoms with Gasteiger partial charge in [-0.15, -0.1) is 0 Å². The van der Waals surface area contributed by atoms with Gasteiger partial charge in [0.2, 0.25) is 17.7 Å². The number of rotatable bonds is 7. The van der Waals surface area contributed by atoms with Gasteiger partial charge in [0.15, 0.2) is 0 Å². The molecule has 0 fully saturated rings. The third-order valence-electron chi connectivity index (χ3n) is 7.00. The van der Waals surface area contributed by atoms with Gasteiger partial charge in [-0.1, -0.05) is 13.8 Å². The van der Waals surface area contributed by atoms with E-state index in [4.69, 9.17) is 24.7 Å². The highest BCUT2D eigenvalue weighted by Gasteiger charge is 2.34. The van der Waals surface area contributed by atoms with Gasteiger partial charge in [-0.05, 0) is 88.1 Å². The Kier molecular flexibility index (Phi) is 9.39. The van der Waals surface area contributed by atoms with Crippen LogP contribution in [-0.4, -0.2) is 45.1 Å². The second kappa shape index (κ2) is 13.0. The molecule has 0 unspecified atom stereocenters. The summed E-state index contributed by atoms with van der Waals surface area (Å²) in [6.45, 7) is 13.3. The first-order valence-corrected chi connectivity index (χ1v) is 14.4. The first-order valence-electron chi connectivity index (χ1n) is 14.4. The smallest absolute Gasteiger partial charge is 0.408 e. The van der Waals surface area contributed by atoms with E-state index in [0.29, 0.717) is 47.0 Å². The molecule has 0 radical (unpaired) electrons. The summed E-state index contributed by atoms with van der Waals surface area (Å²) in [6.07, 6.45) is -0.218. The largest absolute Gasteiger partial charge is 0.444 e. The van der Waals surface area contributed by atoms with Crippen molar-refractivity contribution in [3.8, 4) is 23.8 Å². The van der Waals surface area contributed by atoms with Crippen LogP contribution in [0.4, 0.5) is 16.4 Å². The third kappa shape index (κ3) is 7.61. The Morgan fingerprint density at radius 3 is 2.20 bits per heavy atom. The fourth-order valence-electron chi connectivity index (χ4n) is 4.89. The van der Waals surface area contributed by atoms with E-state index in [2.05, 4.69) is 22.8 Å². The minimum atomic E-state index is -0.794. The average molecular weight is 596 g/mol. The minimum Gasteiger partial charge on any atom is -0.444 e. The highest BCUT2D eigenvalue weighted by molar-refractivity contribution is 5.86. The van der Waals surface area contributed by atoms with E-state index < -0.39 is 17.7 Å². The maximum Gasteiger partial charge on any atom is 0.408 e. The van der Waals surface area contributed by atoms with E-state index in [0.717, 1.165) is 16.8 Å². The Bertz CT molecular complexity index is 1620. The van der Waals surface area contributed by atoms with E-state index in [1.807, 2.05) is 27.7 Å². The molecule has 2 N–H and O–H groups in total. The second-order valence-corrected chi connectivity index (χ2v) is 12.1. The van der Waals surface area contributed by atoms with Crippen molar-refractivity contribution in [2.45, 2.75) is 73.1 Å². The highest BCUT2D eigenvalue weighted by atomic mass is 16.6. The van der Waals surface area contributed by atoms with Crippen LogP contribution in [0, 0.1) is 42.4 Å². The molecule has 44 heavy (non-hydrogen) atoms. The molecule has 3 aromatic rings. The Labute approximate surface area is 257 Å². The van der Waals surface area contributed by atoms with Crippen LogP contribution in [0.2, 0.25) is 0 Å². The SMILES string of the molecule is Cc1cc(C#N)cc(C)c1Oc1nc(Nc2ccc(C#N)cc2)nc2c1CN(C(=O)[C@@H](NC(=O)OC(C)(C)C)C(C)C)CC2. The molecular weight excluding hydrogens is 558 g/mol. The molecule has 0 spiro atoms. The number of amides is 2. The maximum atomic E-state index is 13.8. The number of anilines is 2. The number of nitriles is 2. The lowest BCUT2D eigenvalue weighted by Gasteiger charge is -2.34. The molecule has 0 saturated heterocycles. The monoisotopic (exact) mass is 595 g/mol. The fourth-order valence-corrected chi connectivity index (χ4v) is 4.89. The van der Waals surface area contributed by atoms with Gasteiger partial charge < -0.3 is 25.0 Å². The van der Waals surface area contributed by atoms with Gasteiger partial charge in [0.25, 0.3) is 0 Å². The van der Waals surface area contributed by atoms with Crippen LogP contribution in [0.3, 0.4) is 0 Å². The van der Waals surface area contributed by atoms with E-state index >= 15 is 0 Å². The van der Waals surface area contributed by atoms with Crippen molar-refractivity contribution < 1.29 is 19.1 Å². The van der Waals surface area contributed by atoms with Crippen molar-refractivity contribution in [1.82, 2.24) is 20.2 Å². The van der Waals surface area contributed by atoms with E-state index in [1.54, 1.807) is 62.1 Å². The molecule has 0 saturated carbocycles. The predicted octanol–water partition coefficient (Wildman–Crippen LogP) is 5.81. The topological polar surface area (TPSA) is 153 Å². The number of aromatic nitrogens is 2. The maximum absolute atomic E-state index is 13.8. The van der Waals surface area contributed by atoms with Crippen molar-refractivity contribution >= 4 is 23.6 Å². The van der Waals surface area contributed by atoms with Crippen molar-refractivity contribution in [2.24, 2.45) is 5.92 Å². The highest BCUT2D eigenvalue weighted by Crippen LogP contribution is 2.35. The lowest BCUT2D eigenvalue weighted by molar-refractivity contribution is -0.135. The molecule has 1 aliphatic heterocycles. The number of nitrogens with one attached hydrogen (secondary N) is 2. The molecule has 1 aliphatic rings.